The fraction of sp³-hybridized carbons (Fsp3) is 0.375. The Balaban J connectivity index is 1.93. The lowest BCUT2D eigenvalue weighted by Gasteiger charge is -2.09. The minimum atomic E-state index is -2.86. The van der Waals surface area contributed by atoms with E-state index in [4.69, 9.17) is 0 Å². The molecule has 0 saturated heterocycles. The highest BCUT2D eigenvalue weighted by atomic mass is 19.3. The predicted octanol–water partition coefficient (Wildman–Crippen LogP) is 2.36. The quantitative estimate of drug-likeness (QED) is 0.725. The Bertz CT molecular complexity index is 656. The molecule has 1 heterocycles. The summed E-state index contributed by atoms with van der Waals surface area (Å²) < 4.78 is 28.5. The van der Waals surface area contributed by atoms with Crippen LogP contribution in [0.25, 0.3) is 11.3 Å². The summed E-state index contributed by atoms with van der Waals surface area (Å²) in [5.74, 6) is -0.159. The van der Waals surface area contributed by atoms with Gasteiger partial charge in [0.05, 0.1) is 5.69 Å². The van der Waals surface area contributed by atoms with E-state index in [1.807, 2.05) is 19.0 Å². The Morgan fingerprint density at radius 2 is 2.04 bits per heavy atom. The van der Waals surface area contributed by atoms with E-state index in [0.717, 1.165) is 13.0 Å². The summed E-state index contributed by atoms with van der Waals surface area (Å²) in [6, 6.07) is 7.68. The fourth-order valence-electron chi connectivity index (χ4n) is 2.09. The fourth-order valence-corrected chi connectivity index (χ4v) is 2.09. The van der Waals surface area contributed by atoms with Gasteiger partial charge in [0.25, 0.3) is 5.91 Å². The first kappa shape index (κ1) is 17.9. The van der Waals surface area contributed by atoms with Crippen LogP contribution in [0.5, 0.6) is 5.75 Å². The summed E-state index contributed by atoms with van der Waals surface area (Å²) >= 11 is 0. The second-order valence-electron chi connectivity index (χ2n) is 5.48. The van der Waals surface area contributed by atoms with Crippen LogP contribution in [0.1, 0.15) is 16.9 Å². The van der Waals surface area contributed by atoms with Gasteiger partial charge in [-0.05, 0) is 57.4 Å². The molecule has 1 aromatic heterocycles. The summed E-state index contributed by atoms with van der Waals surface area (Å²) in [4.78, 5) is 14.1. The van der Waals surface area contributed by atoms with E-state index in [1.165, 1.54) is 12.1 Å². The third-order valence-electron chi connectivity index (χ3n) is 3.27. The number of H-pyrrole nitrogens is 1. The number of carbonyl (C=O) groups is 1. The highest BCUT2D eigenvalue weighted by Gasteiger charge is 2.11. The number of carbonyl (C=O) groups excluding carboxylic acids is 1. The number of alkyl halides is 2. The van der Waals surface area contributed by atoms with E-state index in [2.05, 4.69) is 20.3 Å². The van der Waals surface area contributed by atoms with Gasteiger partial charge in [-0.2, -0.15) is 13.9 Å². The first-order chi connectivity index (χ1) is 11.5. The van der Waals surface area contributed by atoms with E-state index < -0.39 is 6.61 Å². The van der Waals surface area contributed by atoms with Crippen LogP contribution in [0.15, 0.2) is 30.3 Å². The number of nitrogens with one attached hydrogen (secondary N) is 2. The molecule has 0 aliphatic heterocycles. The maximum atomic E-state index is 12.1. The minimum Gasteiger partial charge on any atom is -0.435 e. The first-order valence-corrected chi connectivity index (χ1v) is 7.49. The molecule has 2 rings (SSSR count). The van der Waals surface area contributed by atoms with Crippen molar-refractivity contribution in [3.8, 4) is 17.0 Å². The Labute approximate surface area is 138 Å². The Morgan fingerprint density at radius 1 is 1.33 bits per heavy atom. The van der Waals surface area contributed by atoms with Gasteiger partial charge < -0.3 is 15.0 Å². The van der Waals surface area contributed by atoms with Gasteiger partial charge in [-0.3, -0.25) is 9.89 Å². The Morgan fingerprint density at radius 3 is 2.67 bits per heavy atom. The molecule has 0 unspecified atom stereocenters. The van der Waals surface area contributed by atoms with Crippen molar-refractivity contribution in [3.05, 3.63) is 36.0 Å². The molecular formula is C16H20F2N4O2. The number of aromatic nitrogens is 2. The average Bonchev–Trinajstić information content (AvgIpc) is 3.01. The molecular weight excluding hydrogens is 318 g/mol. The number of halogens is 2. The number of rotatable bonds is 8. The molecule has 0 atom stereocenters. The van der Waals surface area contributed by atoms with Crippen LogP contribution in [0.4, 0.5) is 8.78 Å². The van der Waals surface area contributed by atoms with Gasteiger partial charge in [0.1, 0.15) is 11.4 Å². The number of hydrogen-bond acceptors (Lipinski definition) is 4. The highest BCUT2D eigenvalue weighted by Crippen LogP contribution is 2.22. The highest BCUT2D eigenvalue weighted by molar-refractivity contribution is 5.93. The zero-order chi connectivity index (χ0) is 17.5. The molecule has 24 heavy (non-hydrogen) atoms. The van der Waals surface area contributed by atoms with Gasteiger partial charge in [0.15, 0.2) is 0 Å². The van der Waals surface area contributed by atoms with Crippen molar-refractivity contribution in [2.24, 2.45) is 0 Å². The minimum absolute atomic E-state index is 0.0724. The van der Waals surface area contributed by atoms with Crippen molar-refractivity contribution in [3.63, 3.8) is 0 Å². The number of ether oxygens (including phenoxy) is 1. The number of hydrogen-bond donors (Lipinski definition) is 2. The predicted molar refractivity (Wildman–Crippen MR) is 86.2 cm³/mol. The van der Waals surface area contributed by atoms with Crippen molar-refractivity contribution >= 4 is 5.91 Å². The molecule has 0 aliphatic carbocycles. The van der Waals surface area contributed by atoms with E-state index in [0.29, 0.717) is 23.5 Å². The first-order valence-electron chi connectivity index (χ1n) is 7.49. The van der Waals surface area contributed by atoms with Crippen molar-refractivity contribution in [1.82, 2.24) is 20.4 Å². The second kappa shape index (κ2) is 8.39. The van der Waals surface area contributed by atoms with Crippen molar-refractivity contribution < 1.29 is 18.3 Å². The zero-order valence-corrected chi connectivity index (χ0v) is 13.6. The van der Waals surface area contributed by atoms with Crippen molar-refractivity contribution in [1.29, 1.82) is 0 Å². The average molecular weight is 338 g/mol. The molecule has 8 heteroatoms. The van der Waals surface area contributed by atoms with Gasteiger partial charge in [0, 0.05) is 12.1 Å². The molecule has 130 valence electrons. The molecule has 0 saturated carbocycles. The van der Waals surface area contributed by atoms with Crippen LogP contribution in [-0.2, 0) is 0 Å². The molecule has 0 fully saturated rings. The largest absolute Gasteiger partial charge is 0.435 e. The van der Waals surface area contributed by atoms with Crippen LogP contribution in [0.3, 0.4) is 0 Å². The third kappa shape index (κ3) is 5.31. The molecule has 0 bridgehead atoms. The Hall–Kier alpha value is -2.48. The van der Waals surface area contributed by atoms with E-state index in [-0.39, 0.29) is 11.7 Å². The summed E-state index contributed by atoms with van der Waals surface area (Å²) in [5.41, 5.74) is 1.60. The molecule has 2 aromatic rings. The monoisotopic (exact) mass is 338 g/mol. The number of nitrogens with zero attached hydrogens (tertiary/aromatic N) is 2. The molecule has 1 amide bonds. The number of aromatic amines is 1. The summed E-state index contributed by atoms with van der Waals surface area (Å²) in [5, 5.41) is 9.56. The lowest BCUT2D eigenvalue weighted by molar-refractivity contribution is -0.0498. The molecule has 2 N–H and O–H groups in total. The van der Waals surface area contributed by atoms with Crippen molar-refractivity contribution in [2.75, 3.05) is 27.2 Å². The maximum absolute atomic E-state index is 12.1. The van der Waals surface area contributed by atoms with Crippen LogP contribution >= 0.6 is 0 Å². The van der Waals surface area contributed by atoms with E-state index in [9.17, 15) is 13.6 Å². The van der Waals surface area contributed by atoms with Crippen LogP contribution in [-0.4, -0.2) is 54.8 Å². The van der Waals surface area contributed by atoms with Crippen molar-refractivity contribution in [2.45, 2.75) is 13.0 Å². The standard InChI is InChI=1S/C16H20F2N4O2/c1-22(2)9-3-8-19-15(23)14-10-13(20-21-14)11-4-6-12(7-5-11)24-16(17)18/h4-7,10,16H,3,8-9H2,1-2H3,(H,19,23)(H,20,21). The van der Waals surface area contributed by atoms with Gasteiger partial charge in [-0.25, -0.2) is 0 Å². The van der Waals surface area contributed by atoms with Crippen LogP contribution in [0, 0.1) is 0 Å². The van der Waals surface area contributed by atoms with Gasteiger partial charge in [-0.1, -0.05) is 0 Å². The molecule has 6 nitrogen and oxygen atoms in total. The number of amides is 1. The third-order valence-corrected chi connectivity index (χ3v) is 3.27. The molecule has 0 radical (unpaired) electrons. The normalized spacial score (nSPS) is 11.1. The lowest BCUT2D eigenvalue weighted by atomic mass is 10.1. The van der Waals surface area contributed by atoms with Gasteiger partial charge in [-0.15, -0.1) is 0 Å². The van der Waals surface area contributed by atoms with Crippen LogP contribution < -0.4 is 10.1 Å². The summed E-state index contributed by atoms with van der Waals surface area (Å²) in [6.45, 7) is -1.39. The smallest absolute Gasteiger partial charge is 0.387 e. The topological polar surface area (TPSA) is 70.2 Å². The summed E-state index contributed by atoms with van der Waals surface area (Å²) in [6.07, 6.45) is 0.853. The molecule has 1 aromatic carbocycles. The van der Waals surface area contributed by atoms with E-state index >= 15 is 0 Å². The number of benzene rings is 1. The van der Waals surface area contributed by atoms with Gasteiger partial charge in [0.2, 0.25) is 0 Å². The van der Waals surface area contributed by atoms with Gasteiger partial charge >= 0.3 is 6.61 Å². The lowest BCUT2D eigenvalue weighted by Crippen LogP contribution is -2.27. The second-order valence-corrected chi connectivity index (χ2v) is 5.48. The SMILES string of the molecule is CN(C)CCCNC(=O)c1cc(-c2ccc(OC(F)F)cc2)n[nH]1. The molecule has 0 spiro atoms. The summed E-state index contributed by atoms with van der Waals surface area (Å²) in [7, 11) is 3.95. The maximum Gasteiger partial charge on any atom is 0.387 e. The molecule has 0 aliphatic rings. The van der Waals surface area contributed by atoms with E-state index in [1.54, 1.807) is 18.2 Å². The zero-order valence-electron chi connectivity index (χ0n) is 13.6. The Kier molecular flexibility index (Phi) is 6.25. The van der Waals surface area contributed by atoms with Crippen LogP contribution in [0.2, 0.25) is 0 Å².